The number of aromatic amines is 1. The Bertz CT molecular complexity index is 856. The smallest absolute Gasteiger partial charge is 0.125 e. The van der Waals surface area contributed by atoms with Crippen LogP contribution in [0.5, 0.6) is 0 Å². The van der Waals surface area contributed by atoms with Crippen molar-refractivity contribution in [2.75, 3.05) is 6.54 Å². The Labute approximate surface area is 145 Å². The van der Waals surface area contributed by atoms with E-state index in [2.05, 4.69) is 25.1 Å². The fraction of sp³-hybridized carbons (Fsp3) is 0.278. The summed E-state index contributed by atoms with van der Waals surface area (Å²) in [6.07, 6.45) is 4.83. The quantitative estimate of drug-likeness (QED) is 0.794. The molecule has 2 aromatic heterocycles. The predicted octanol–water partition coefficient (Wildman–Crippen LogP) is 3.39. The van der Waals surface area contributed by atoms with Crippen LogP contribution in [0.2, 0.25) is 5.02 Å². The molecule has 122 valence electrons. The highest BCUT2D eigenvalue weighted by atomic mass is 35.5. The molecule has 0 unspecified atom stereocenters. The van der Waals surface area contributed by atoms with E-state index in [1.807, 2.05) is 43.6 Å². The highest BCUT2D eigenvalue weighted by molar-refractivity contribution is 6.30. The van der Waals surface area contributed by atoms with Crippen LogP contribution in [0.25, 0.3) is 11.3 Å². The van der Waals surface area contributed by atoms with E-state index in [0.29, 0.717) is 0 Å². The molecule has 0 amide bonds. The minimum Gasteiger partial charge on any atom is -0.294 e. The van der Waals surface area contributed by atoms with E-state index in [9.17, 15) is 0 Å². The van der Waals surface area contributed by atoms with Crippen LogP contribution in [0.15, 0.2) is 36.7 Å². The maximum Gasteiger partial charge on any atom is 0.125 e. The molecule has 3 heterocycles. The Morgan fingerprint density at radius 1 is 1.21 bits per heavy atom. The molecular weight excluding hydrogens is 322 g/mol. The molecule has 0 spiro atoms. The molecule has 4 rings (SSSR count). The summed E-state index contributed by atoms with van der Waals surface area (Å²) in [4.78, 5) is 11.3. The normalized spacial score (nSPS) is 14.6. The summed E-state index contributed by atoms with van der Waals surface area (Å²) >= 11 is 5.98. The van der Waals surface area contributed by atoms with E-state index in [4.69, 9.17) is 11.6 Å². The fourth-order valence-electron chi connectivity index (χ4n) is 3.15. The Morgan fingerprint density at radius 2 is 2.04 bits per heavy atom. The van der Waals surface area contributed by atoms with E-state index in [0.717, 1.165) is 48.2 Å². The summed E-state index contributed by atoms with van der Waals surface area (Å²) in [5, 5.41) is 8.08. The van der Waals surface area contributed by atoms with Crippen molar-refractivity contribution in [2.45, 2.75) is 26.4 Å². The van der Waals surface area contributed by atoms with Gasteiger partial charge in [-0.05, 0) is 24.6 Å². The Balaban J connectivity index is 1.54. The Kier molecular flexibility index (Phi) is 4.04. The fourth-order valence-corrected chi connectivity index (χ4v) is 3.27. The Morgan fingerprint density at radius 3 is 2.88 bits per heavy atom. The molecule has 5 nitrogen and oxygen atoms in total. The lowest BCUT2D eigenvalue weighted by Crippen LogP contribution is -2.31. The van der Waals surface area contributed by atoms with Gasteiger partial charge in [0.15, 0.2) is 0 Å². The maximum atomic E-state index is 5.98. The molecule has 1 aliphatic heterocycles. The van der Waals surface area contributed by atoms with Crippen molar-refractivity contribution in [3.63, 3.8) is 0 Å². The average Bonchev–Trinajstić information content (AvgIpc) is 3.04. The number of rotatable bonds is 3. The van der Waals surface area contributed by atoms with Crippen LogP contribution in [0.3, 0.4) is 0 Å². The standard InChI is InChI=1S/C18H18ClN5/c1-12-20-8-14-10-24(7-6-17(14)22-12)11-15-9-21-23-18(15)13-2-4-16(19)5-3-13/h2-5,8-9H,6-7,10-11H2,1H3,(H,21,23). The van der Waals surface area contributed by atoms with Crippen LogP contribution >= 0.6 is 11.6 Å². The van der Waals surface area contributed by atoms with E-state index >= 15 is 0 Å². The van der Waals surface area contributed by atoms with Crippen LogP contribution in [0.4, 0.5) is 0 Å². The minimum atomic E-state index is 0.739. The molecule has 0 saturated carbocycles. The van der Waals surface area contributed by atoms with Crippen molar-refractivity contribution < 1.29 is 0 Å². The van der Waals surface area contributed by atoms with Crippen LogP contribution < -0.4 is 0 Å². The second-order valence-corrected chi connectivity index (χ2v) is 6.56. The summed E-state index contributed by atoms with van der Waals surface area (Å²) in [6.45, 7) is 4.66. The number of aromatic nitrogens is 4. The van der Waals surface area contributed by atoms with Gasteiger partial charge >= 0.3 is 0 Å². The zero-order valence-corrected chi connectivity index (χ0v) is 14.2. The van der Waals surface area contributed by atoms with Gasteiger partial charge in [0.1, 0.15) is 5.82 Å². The Hall–Kier alpha value is -2.24. The molecule has 0 fully saturated rings. The van der Waals surface area contributed by atoms with Crippen molar-refractivity contribution >= 4 is 11.6 Å². The van der Waals surface area contributed by atoms with Gasteiger partial charge in [-0.25, -0.2) is 9.97 Å². The monoisotopic (exact) mass is 339 g/mol. The average molecular weight is 340 g/mol. The second-order valence-electron chi connectivity index (χ2n) is 6.13. The second kappa shape index (κ2) is 6.34. The summed E-state index contributed by atoms with van der Waals surface area (Å²) in [5.41, 5.74) is 5.75. The van der Waals surface area contributed by atoms with Gasteiger partial charge in [-0.15, -0.1) is 0 Å². The predicted molar refractivity (Wildman–Crippen MR) is 93.6 cm³/mol. The number of hydrogen-bond acceptors (Lipinski definition) is 4. The molecule has 3 aromatic rings. The third-order valence-corrected chi connectivity index (χ3v) is 4.63. The molecular formula is C18H18ClN5. The molecule has 0 bridgehead atoms. The van der Waals surface area contributed by atoms with Gasteiger partial charge in [-0.2, -0.15) is 5.10 Å². The first-order valence-electron chi connectivity index (χ1n) is 8.01. The lowest BCUT2D eigenvalue weighted by atomic mass is 10.0. The zero-order valence-electron chi connectivity index (χ0n) is 13.5. The van der Waals surface area contributed by atoms with Crippen LogP contribution in [-0.4, -0.2) is 31.6 Å². The maximum absolute atomic E-state index is 5.98. The van der Waals surface area contributed by atoms with E-state index < -0.39 is 0 Å². The highest BCUT2D eigenvalue weighted by Crippen LogP contribution is 2.25. The molecule has 0 atom stereocenters. The number of fused-ring (bicyclic) bond motifs is 1. The molecule has 1 N–H and O–H groups in total. The molecule has 0 aliphatic carbocycles. The van der Waals surface area contributed by atoms with Gasteiger partial charge in [0.05, 0.1) is 11.9 Å². The van der Waals surface area contributed by atoms with Gasteiger partial charge in [-0.3, -0.25) is 10.00 Å². The largest absolute Gasteiger partial charge is 0.294 e. The summed E-state index contributed by atoms with van der Waals surface area (Å²) in [5.74, 6) is 0.849. The van der Waals surface area contributed by atoms with Crippen LogP contribution in [-0.2, 0) is 19.5 Å². The third kappa shape index (κ3) is 3.05. The van der Waals surface area contributed by atoms with Gasteiger partial charge in [-0.1, -0.05) is 23.7 Å². The number of nitrogens with zero attached hydrogens (tertiary/aromatic N) is 4. The summed E-state index contributed by atoms with van der Waals surface area (Å²) < 4.78 is 0. The van der Waals surface area contributed by atoms with E-state index in [1.165, 1.54) is 16.8 Å². The molecule has 6 heteroatoms. The van der Waals surface area contributed by atoms with Gasteiger partial charge < -0.3 is 0 Å². The first-order valence-corrected chi connectivity index (χ1v) is 8.39. The molecule has 1 aliphatic rings. The summed E-state index contributed by atoms with van der Waals surface area (Å²) in [6, 6.07) is 7.83. The lowest BCUT2D eigenvalue weighted by molar-refractivity contribution is 0.243. The molecule has 0 saturated heterocycles. The number of hydrogen-bond donors (Lipinski definition) is 1. The minimum absolute atomic E-state index is 0.739. The lowest BCUT2D eigenvalue weighted by Gasteiger charge is -2.27. The topological polar surface area (TPSA) is 57.7 Å². The number of aryl methyl sites for hydroxylation is 1. The van der Waals surface area contributed by atoms with Crippen molar-refractivity contribution in [2.24, 2.45) is 0 Å². The van der Waals surface area contributed by atoms with Crippen molar-refractivity contribution in [3.8, 4) is 11.3 Å². The van der Waals surface area contributed by atoms with Crippen LogP contribution in [0.1, 0.15) is 22.6 Å². The van der Waals surface area contributed by atoms with E-state index in [-0.39, 0.29) is 0 Å². The number of H-pyrrole nitrogens is 1. The van der Waals surface area contributed by atoms with E-state index in [1.54, 1.807) is 0 Å². The molecule has 1 aromatic carbocycles. The first kappa shape index (κ1) is 15.3. The SMILES string of the molecule is Cc1ncc2c(n1)CCN(Cc1cn[nH]c1-c1ccc(Cl)cc1)C2. The van der Waals surface area contributed by atoms with Crippen LogP contribution in [0, 0.1) is 6.92 Å². The highest BCUT2D eigenvalue weighted by Gasteiger charge is 2.19. The molecule has 0 radical (unpaired) electrons. The zero-order chi connectivity index (χ0) is 16.5. The number of benzene rings is 1. The van der Waals surface area contributed by atoms with Gasteiger partial charge in [0, 0.05) is 54.1 Å². The summed E-state index contributed by atoms with van der Waals surface area (Å²) in [7, 11) is 0. The number of halogens is 1. The number of nitrogens with one attached hydrogen (secondary N) is 1. The van der Waals surface area contributed by atoms with Gasteiger partial charge in [0.25, 0.3) is 0 Å². The molecule has 24 heavy (non-hydrogen) atoms. The third-order valence-electron chi connectivity index (χ3n) is 4.38. The first-order chi connectivity index (χ1) is 11.7. The van der Waals surface area contributed by atoms with Crippen molar-refractivity contribution in [1.29, 1.82) is 0 Å². The van der Waals surface area contributed by atoms with Crippen molar-refractivity contribution in [1.82, 2.24) is 25.1 Å². The van der Waals surface area contributed by atoms with Gasteiger partial charge in [0.2, 0.25) is 0 Å². The van der Waals surface area contributed by atoms with Crippen molar-refractivity contribution in [3.05, 3.63) is 64.3 Å².